The fourth-order valence-electron chi connectivity index (χ4n) is 2.62. The largest absolute Gasteiger partial charge is 0.399 e. The highest BCUT2D eigenvalue weighted by Gasteiger charge is 2.42. The summed E-state index contributed by atoms with van der Waals surface area (Å²) in [6, 6.07) is 4.24. The van der Waals surface area contributed by atoms with Gasteiger partial charge in [-0.05, 0) is 43.4 Å². The molecule has 1 saturated heterocycles. The number of nitrogens with one attached hydrogen (secondary N) is 1. The average Bonchev–Trinajstić information content (AvgIpc) is 3.10. The third-order valence-electron chi connectivity index (χ3n) is 3.77. The van der Waals surface area contributed by atoms with E-state index in [9.17, 15) is 8.42 Å². The molecule has 1 saturated carbocycles. The highest BCUT2D eigenvalue weighted by atomic mass is 35.5. The molecule has 0 amide bonds. The van der Waals surface area contributed by atoms with Gasteiger partial charge in [-0.15, -0.1) is 0 Å². The van der Waals surface area contributed by atoms with Gasteiger partial charge in [0.1, 0.15) is 4.90 Å². The number of benzene rings is 1. The lowest BCUT2D eigenvalue weighted by atomic mass is 10.1. The van der Waals surface area contributed by atoms with Gasteiger partial charge in [0.05, 0.1) is 17.2 Å². The molecule has 2 unspecified atom stereocenters. The van der Waals surface area contributed by atoms with E-state index >= 15 is 0 Å². The summed E-state index contributed by atoms with van der Waals surface area (Å²) < 4.78 is 33.2. The van der Waals surface area contributed by atoms with Gasteiger partial charge in [0, 0.05) is 12.3 Å². The van der Waals surface area contributed by atoms with Crippen molar-refractivity contribution in [3.8, 4) is 0 Å². The van der Waals surface area contributed by atoms with Crippen LogP contribution >= 0.6 is 11.6 Å². The topological polar surface area (TPSA) is 81.4 Å². The van der Waals surface area contributed by atoms with E-state index in [1.54, 1.807) is 0 Å². The van der Waals surface area contributed by atoms with Gasteiger partial charge >= 0.3 is 0 Å². The molecule has 5 nitrogen and oxygen atoms in total. The molecule has 1 aliphatic heterocycles. The summed E-state index contributed by atoms with van der Waals surface area (Å²) in [6.45, 7) is 0.601. The van der Waals surface area contributed by atoms with E-state index in [4.69, 9.17) is 22.1 Å². The molecule has 1 aromatic rings. The van der Waals surface area contributed by atoms with Crippen molar-refractivity contribution >= 4 is 27.3 Å². The fourth-order valence-corrected chi connectivity index (χ4v) is 4.46. The van der Waals surface area contributed by atoms with E-state index in [2.05, 4.69) is 4.72 Å². The summed E-state index contributed by atoms with van der Waals surface area (Å²) in [7, 11) is -3.65. The van der Waals surface area contributed by atoms with Crippen LogP contribution in [0.4, 0.5) is 5.69 Å². The van der Waals surface area contributed by atoms with Crippen LogP contribution in [0.15, 0.2) is 23.1 Å². The molecule has 2 atom stereocenters. The summed E-state index contributed by atoms with van der Waals surface area (Å²) in [4.78, 5) is 0.0646. The first-order valence-corrected chi connectivity index (χ1v) is 8.52. The van der Waals surface area contributed by atoms with E-state index < -0.39 is 10.0 Å². The summed E-state index contributed by atoms with van der Waals surface area (Å²) >= 11 is 5.98. The van der Waals surface area contributed by atoms with Crippen molar-refractivity contribution < 1.29 is 13.2 Å². The summed E-state index contributed by atoms with van der Waals surface area (Å²) in [6.07, 6.45) is 2.93. The molecule has 3 N–H and O–H groups in total. The molecular formula is C13H17ClN2O3S. The zero-order chi connectivity index (χ0) is 14.3. The number of nitrogens with two attached hydrogens (primary N) is 1. The van der Waals surface area contributed by atoms with Crippen molar-refractivity contribution in [3.05, 3.63) is 23.2 Å². The van der Waals surface area contributed by atoms with Gasteiger partial charge in [0.25, 0.3) is 0 Å². The zero-order valence-corrected chi connectivity index (χ0v) is 12.5. The molecule has 7 heteroatoms. The third kappa shape index (κ3) is 2.79. The number of halogens is 1. The number of sulfonamides is 1. The van der Waals surface area contributed by atoms with Gasteiger partial charge in [-0.2, -0.15) is 0 Å². The first-order valence-electron chi connectivity index (χ1n) is 6.66. The molecule has 1 aliphatic carbocycles. The quantitative estimate of drug-likeness (QED) is 0.829. The monoisotopic (exact) mass is 316 g/mol. The molecule has 110 valence electrons. The number of hydrogen-bond donors (Lipinski definition) is 2. The lowest BCUT2D eigenvalue weighted by molar-refractivity contribution is 0.0848. The molecule has 0 aromatic heterocycles. The number of rotatable bonds is 4. The molecule has 1 heterocycles. The first kappa shape index (κ1) is 14.1. The molecule has 20 heavy (non-hydrogen) atoms. The van der Waals surface area contributed by atoms with Gasteiger partial charge in [0.2, 0.25) is 10.0 Å². The van der Waals surface area contributed by atoms with E-state index in [-0.39, 0.29) is 22.1 Å². The maximum atomic E-state index is 12.4. The van der Waals surface area contributed by atoms with Crippen LogP contribution in [-0.4, -0.2) is 27.2 Å². The summed E-state index contributed by atoms with van der Waals surface area (Å²) in [5.41, 5.74) is 6.02. The van der Waals surface area contributed by atoms with Crippen molar-refractivity contribution in [2.45, 2.75) is 36.3 Å². The second-order valence-corrected chi connectivity index (χ2v) is 7.47. The maximum absolute atomic E-state index is 12.4. The van der Waals surface area contributed by atoms with Crippen molar-refractivity contribution in [2.24, 2.45) is 5.92 Å². The van der Waals surface area contributed by atoms with Crippen molar-refractivity contribution in [1.82, 2.24) is 4.72 Å². The van der Waals surface area contributed by atoms with Crippen LogP contribution < -0.4 is 10.5 Å². The normalized spacial score (nSPS) is 26.9. The molecule has 0 spiro atoms. The minimum absolute atomic E-state index is 0.00247. The van der Waals surface area contributed by atoms with Crippen molar-refractivity contribution in [2.75, 3.05) is 12.3 Å². The van der Waals surface area contributed by atoms with Crippen LogP contribution in [0.5, 0.6) is 0 Å². The van der Waals surface area contributed by atoms with E-state index in [1.807, 2.05) is 0 Å². The van der Waals surface area contributed by atoms with Gasteiger partial charge in [-0.25, -0.2) is 13.1 Å². The Hall–Kier alpha value is -0.820. The minimum Gasteiger partial charge on any atom is -0.399 e. The van der Waals surface area contributed by atoms with E-state index in [1.165, 1.54) is 18.2 Å². The van der Waals surface area contributed by atoms with Gasteiger partial charge in [-0.3, -0.25) is 0 Å². The lowest BCUT2D eigenvalue weighted by Crippen LogP contribution is -2.41. The lowest BCUT2D eigenvalue weighted by Gasteiger charge is -2.19. The Kier molecular flexibility index (Phi) is 3.66. The molecule has 3 rings (SSSR count). The highest BCUT2D eigenvalue weighted by molar-refractivity contribution is 7.89. The fraction of sp³-hybridized carbons (Fsp3) is 0.538. The Balaban J connectivity index is 1.81. The predicted molar refractivity (Wildman–Crippen MR) is 77.1 cm³/mol. The smallest absolute Gasteiger partial charge is 0.242 e. The Morgan fingerprint density at radius 1 is 1.30 bits per heavy atom. The Labute approximate surface area is 123 Å². The van der Waals surface area contributed by atoms with Crippen LogP contribution in [0.2, 0.25) is 5.02 Å². The second kappa shape index (κ2) is 5.18. The van der Waals surface area contributed by atoms with Crippen molar-refractivity contribution in [3.63, 3.8) is 0 Å². The van der Waals surface area contributed by atoms with Crippen LogP contribution in [0.25, 0.3) is 0 Å². The van der Waals surface area contributed by atoms with Crippen LogP contribution in [-0.2, 0) is 14.8 Å². The highest BCUT2D eigenvalue weighted by Crippen LogP contribution is 2.39. The van der Waals surface area contributed by atoms with Crippen molar-refractivity contribution in [1.29, 1.82) is 0 Å². The Morgan fingerprint density at radius 3 is 2.70 bits per heavy atom. The van der Waals surface area contributed by atoms with Crippen LogP contribution in [0.3, 0.4) is 0 Å². The minimum atomic E-state index is -3.65. The average molecular weight is 317 g/mol. The molecule has 2 fully saturated rings. The standard InChI is InChI=1S/C13H17ClN2O3S/c14-10-7-9(15)3-4-12(10)20(17,18)16-11-5-6-19-13(11)8-1-2-8/h3-4,7-8,11,13,16H,1-2,5-6,15H2. The number of hydrogen-bond acceptors (Lipinski definition) is 4. The number of anilines is 1. The van der Waals surface area contributed by atoms with Gasteiger partial charge in [-0.1, -0.05) is 11.6 Å². The second-order valence-electron chi connectivity index (χ2n) is 5.38. The van der Waals surface area contributed by atoms with Crippen LogP contribution in [0, 0.1) is 5.92 Å². The zero-order valence-electron chi connectivity index (χ0n) is 10.9. The van der Waals surface area contributed by atoms with Gasteiger partial charge < -0.3 is 10.5 Å². The number of ether oxygens (including phenoxy) is 1. The molecule has 0 radical (unpaired) electrons. The molecule has 0 bridgehead atoms. The van der Waals surface area contributed by atoms with Gasteiger partial charge in [0.15, 0.2) is 0 Å². The Bertz CT molecular complexity index is 616. The predicted octanol–water partition coefficient (Wildman–Crippen LogP) is 1.77. The third-order valence-corrected chi connectivity index (χ3v) is 5.75. The van der Waals surface area contributed by atoms with Crippen LogP contribution in [0.1, 0.15) is 19.3 Å². The molecule has 2 aliphatic rings. The first-order chi connectivity index (χ1) is 9.47. The van der Waals surface area contributed by atoms with E-state index in [0.29, 0.717) is 24.6 Å². The van der Waals surface area contributed by atoms with E-state index in [0.717, 1.165) is 12.8 Å². The number of nitrogen functional groups attached to an aromatic ring is 1. The maximum Gasteiger partial charge on any atom is 0.242 e. The Morgan fingerprint density at radius 2 is 2.05 bits per heavy atom. The molecule has 1 aromatic carbocycles. The summed E-state index contributed by atoms with van der Waals surface area (Å²) in [5, 5.41) is 0.138. The SMILES string of the molecule is Nc1ccc(S(=O)(=O)NC2CCOC2C2CC2)c(Cl)c1. The molecular weight excluding hydrogens is 300 g/mol. The summed E-state index contributed by atoms with van der Waals surface area (Å²) in [5.74, 6) is 0.493.